The zero-order chi connectivity index (χ0) is 52.0. The number of pyridine rings is 1. The van der Waals surface area contributed by atoms with E-state index in [0.717, 1.165) is 82.7 Å². The molecule has 75 heavy (non-hydrogen) atoms. The Morgan fingerprint density at radius 2 is 1.67 bits per heavy atom. The van der Waals surface area contributed by atoms with Crippen molar-refractivity contribution in [3.63, 3.8) is 0 Å². The number of amides is 3. The number of nitrogens with one attached hydrogen (secondary N) is 1. The number of fused-ring (bicyclic) bond motifs is 3. The second-order valence-corrected chi connectivity index (χ2v) is 23.0. The molecule has 5 aromatic rings. The second-order valence-electron chi connectivity index (χ2n) is 23.0. The lowest BCUT2D eigenvalue weighted by Crippen LogP contribution is -2.60. The number of likely N-dealkylation sites (tertiary alicyclic amines) is 1. The first-order valence-electron chi connectivity index (χ1n) is 26.6. The van der Waals surface area contributed by atoms with E-state index in [9.17, 15) is 24.6 Å². The summed E-state index contributed by atoms with van der Waals surface area (Å²) in [7, 11) is 0. The summed E-state index contributed by atoms with van der Waals surface area (Å²) in [6, 6.07) is 11.0. The molecule has 2 atom stereocenters. The molecule has 3 N–H and O–H groups in total. The summed E-state index contributed by atoms with van der Waals surface area (Å²) in [4.78, 5) is 61.9. The molecule has 7 aliphatic rings. The molecule has 5 aliphatic heterocycles. The number of aromatic nitrogens is 3. The van der Waals surface area contributed by atoms with Crippen molar-refractivity contribution in [2.45, 2.75) is 95.5 Å². The number of ether oxygens (including phenoxy) is 2. The van der Waals surface area contributed by atoms with Crippen LogP contribution in [0, 0.1) is 22.5 Å². The average Bonchev–Trinajstić information content (AvgIpc) is 4.12. The number of carbonyl (C=O) groups is 3. The highest BCUT2D eigenvalue weighted by atomic mass is 19.1. The number of benzene rings is 3. The molecule has 396 valence electrons. The van der Waals surface area contributed by atoms with Gasteiger partial charge in [0.1, 0.15) is 45.9 Å². The third-order valence-electron chi connectivity index (χ3n) is 17.2. The number of piperazine rings is 1. The fraction of sp³-hybridized carbons (Fsp3) is 0.536. The Kier molecular flexibility index (Phi) is 12.5. The van der Waals surface area contributed by atoms with Crippen molar-refractivity contribution in [3.05, 3.63) is 77.0 Å². The van der Waals surface area contributed by atoms with E-state index in [2.05, 4.69) is 30.0 Å². The van der Waals surface area contributed by atoms with Gasteiger partial charge in [-0.15, -0.1) is 0 Å². The van der Waals surface area contributed by atoms with Gasteiger partial charge in [-0.05, 0) is 135 Å². The lowest BCUT2D eigenvalue weighted by molar-refractivity contribution is -0.136. The monoisotopic (exact) mass is 1030 g/mol. The van der Waals surface area contributed by atoms with Crippen LogP contribution >= 0.6 is 0 Å². The van der Waals surface area contributed by atoms with Crippen LogP contribution in [-0.4, -0.2) is 160 Å². The van der Waals surface area contributed by atoms with Gasteiger partial charge >= 0.3 is 6.01 Å². The number of aromatic hydroxyl groups is 1. The predicted octanol–water partition coefficient (Wildman–Crippen LogP) is 6.31. The predicted molar refractivity (Wildman–Crippen MR) is 274 cm³/mol. The number of halogens is 3. The largest absolute Gasteiger partial charge is 0.508 e. The van der Waals surface area contributed by atoms with Crippen molar-refractivity contribution in [1.82, 2.24) is 35.0 Å². The minimum absolute atomic E-state index is 0.00294. The Balaban J connectivity index is 0.673. The molecule has 1 spiro atoms. The number of hydrogen-bond acceptors (Lipinski definition) is 14. The summed E-state index contributed by atoms with van der Waals surface area (Å²) in [6.07, 6.45) is 7.25. The van der Waals surface area contributed by atoms with Crippen molar-refractivity contribution < 1.29 is 47.2 Å². The number of alkyl halides is 1. The number of anilines is 2. The second kappa shape index (κ2) is 18.8. The van der Waals surface area contributed by atoms with Gasteiger partial charge in [-0.25, -0.2) is 13.2 Å². The van der Waals surface area contributed by atoms with Gasteiger partial charge < -0.3 is 39.3 Å². The quantitative estimate of drug-likeness (QED) is 0.119. The molecule has 16 nitrogen and oxygen atoms in total. The smallest absolute Gasteiger partial charge is 0.319 e. The van der Waals surface area contributed by atoms with Gasteiger partial charge in [0, 0.05) is 87.2 Å². The Hall–Kier alpha value is -6.15. The minimum Gasteiger partial charge on any atom is -0.508 e. The first-order chi connectivity index (χ1) is 36.0. The van der Waals surface area contributed by atoms with E-state index in [4.69, 9.17) is 14.5 Å². The maximum absolute atomic E-state index is 17.2. The van der Waals surface area contributed by atoms with Gasteiger partial charge in [0.05, 0.1) is 31.8 Å². The Labute approximate surface area is 433 Å². The number of piperidine rings is 2. The first kappa shape index (κ1) is 49.7. The first-order valence-corrected chi connectivity index (χ1v) is 26.6. The average molecular weight is 1030 g/mol. The number of phenolic OH excluding ortho intramolecular Hbond substituents is 1. The number of phenols is 1. The third-order valence-corrected chi connectivity index (χ3v) is 17.2. The van der Waals surface area contributed by atoms with Crippen LogP contribution in [0.15, 0.2) is 48.7 Å². The third kappa shape index (κ3) is 9.51. The van der Waals surface area contributed by atoms with Crippen LogP contribution in [-0.2, 0) is 27.3 Å². The molecule has 19 heteroatoms. The van der Waals surface area contributed by atoms with Crippen molar-refractivity contribution >= 4 is 50.9 Å². The van der Waals surface area contributed by atoms with Crippen LogP contribution in [0.3, 0.4) is 0 Å². The molecule has 0 unspecified atom stereocenters. The number of hydrogen-bond donors (Lipinski definition) is 3. The fourth-order valence-corrected chi connectivity index (χ4v) is 13.2. The maximum atomic E-state index is 17.2. The molecule has 0 radical (unpaired) electrons. The van der Waals surface area contributed by atoms with Crippen LogP contribution in [0.25, 0.3) is 32.9 Å². The van der Waals surface area contributed by atoms with Gasteiger partial charge in [0.15, 0.2) is 5.82 Å². The van der Waals surface area contributed by atoms with E-state index in [-0.39, 0.29) is 70.8 Å². The summed E-state index contributed by atoms with van der Waals surface area (Å²) in [5.74, 6) is -1.90. The number of carbonyl (C=O) groups excluding carboxylic acids is 3. The van der Waals surface area contributed by atoms with E-state index in [1.807, 2.05) is 30.0 Å². The number of nitrogens with zero attached hydrogens (tertiary/aromatic N) is 8. The lowest BCUT2D eigenvalue weighted by atomic mass is 9.55. The molecule has 6 fully saturated rings. The molecule has 3 aromatic carbocycles. The normalized spacial score (nSPS) is 24.6. The van der Waals surface area contributed by atoms with E-state index < -0.39 is 34.9 Å². The molecule has 2 aliphatic carbocycles. The van der Waals surface area contributed by atoms with Gasteiger partial charge in [-0.3, -0.25) is 29.6 Å². The van der Waals surface area contributed by atoms with Gasteiger partial charge in [0.2, 0.25) is 11.8 Å². The Morgan fingerprint density at radius 1 is 0.893 bits per heavy atom. The summed E-state index contributed by atoms with van der Waals surface area (Å²) >= 11 is 0. The highest BCUT2D eigenvalue weighted by molar-refractivity contribution is 6.06. The van der Waals surface area contributed by atoms with Crippen LogP contribution < -0.4 is 19.9 Å². The number of imide groups is 1. The fourth-order valence-electron chi connectivity index (χ4n) is 13.2. The summed E-state index contributed by atoms with van der Waals surface area (Å²) in [5.41, 5.74) is 0.350. The maximum Gasteiger partial charge on any atom is 0.319 e. The number of aryl methyl sites for hydroxylation is 1. The Morgan fingerprint density at radius 3 is 2.41 bits per heavy atom. The van der Waals surface area contributed by atoms with Gasteiger partial charge in [0.25, 0.3) is 5.91 Å². The van der Waals surface area contributed by atoms with Crippen LogP contribution in [0.1, 0.15) is 86.7 Å². The van der Waals surface area contributed by atoms with Crippen molar-refractivity contribution in [2.75, 3.05) is 95.1 Å². The zero-order valence-corrected chi connectivity index (χ0v) is 42.6. The molecular formula is C56H64F3N9O7. The van der Waals surface area contributed by atoms with Crippen LogP contribution in [0.2, 0.25) is 0 Å². The highest BCUT2D eigenvalue weighted by Crippen LogP contribution is 2.58. The van der Waals surface area contributed by atoms with Crippen LogP contribution in [0.5, 0.6) is 11.8 Å². The molecule has 4 saturated heterocycles. The van der Waals surface area contributed by atoms with Crippen molar-refractivity contribution in [3.8, 4) is 23.0 Å². The molecule has 7 heterocycles. The van der Waals surface area contributed by atoms with E-state index >= 15 is 13.2 Å². The topological polar surface area (TPSA) is 177 Å². The molecular weight excluding hydrogens is 968 g/mol. The van der Waals surface area contributed by atoms with Crippen molar-refractivity contribution in [1.29, 1.82) is 0 Å². The minimum atomic E-state index is -1.22. The molecule has 2 saturated carbocycles. The highest BCUT2D eigenvalue weighted by Gasteiger charge is 2.57. The molecule has 2 aromatic heterocycles. The van der Waals surface area contributed by atoms with Crippen LogP contribution in [0.4, 0.5) is 24.7 Å². The molecule has 3 amide bonds. The number of rotatable bonds is 12. The standard InChI is InChI=1S/C56H64F3N9O7/c1-3-38-42(57)7-4-34-23-37(69)24-40(45(34)38)47-46(58)48-41(25-60-47)49(67-20-21-74-32-53(2,73)29-67)63-52(62-48)75-33-55(10-11-55)30-64-14-12-54(13-15-64)27-56(59,28-54)31-65-16-18-66(19-17-65)36-5-6-39-35(22-36)26-68(51(39)72)43-8-9-44(70)61-50(43)71/h4-7,22-25,43,69,73H,3,8-21,26-33H2,1-2H3,(H,61,70,71)/t43-,53+/m1/s1. The van der Waals surface area contributed by atoms with E-state index in [0.29, 0.717) is 91.6 Å². The Bertz CT molecular complexity index is 3110. The van der Waals surface area contributed by atoms with E-state index in [1.54, 1.807) is 17.9 Å². The molecule has 0 bridgehead atoms. The van der Waals surface area contributed by atoms with Gasteiger partial charge in [-0.1, -0.05) is 13.0 Å². The van der Waals surface area contributed by atoms with Crippen molar-refractivity contribution in [2.24, 2.45) is 10.8 Å². The van der Waals surface area contributed by atoms with Gasteiger partial charge in [-0.2, -0.15) is 9.97 Å². The zero-order valence-electron chi connectivity index (χ0n) is 42.6. The number of aliphatic hydroxyl groups is 1. The summed E-state index contributed by atoms with van der Waals surface area (Å²) in [6.45, 7) is 11.0. The van der Waals surface area contributed by atoms with E-state index in [1.165, 1.54) is 24.4 Å². The molecule has 12 rings (SSSR count). The summed E-state index contributed by atoms with van der Waals surface area (Å²) in [5, 5.41) is 25.6. The SMILES string of the molecule is CCc1c(F)ccc2cc(O)cc(-c3ncc4c(N5CCOC[C@@](C)(O)C5)nc(OCC5(CN6CCC7(CC6)CC(F)(CN6CCN(c8ccc9c(c8)CN([C@@H]8CCC(=O)NC8=O)C9=O)CC6)C7)CC5)nc4c3F)c12. The lowest BCUT2D eigenvalue weighted by Gasteiger charge is -2.57. The summed E-state index contributed by atoms with van der Waals surface area (Å²) < 4.78 is 61.1. The number of β-amino-alcohol motifs (C(OH)–C–C–N with tert-alkyl or cyclic N) is 1.